The fourth-order valence-corrected chi connectivity index (χ4v) is 5.05. The summed E-state index contributed by atoms with van der Waals surface area (Å²) in [6, 6.07) is 10.9. The van der Waals surface area contributed by atoms with Gasteiger partial charge in [-0.25, -0.2) is 4.98 Å². The lowest BCUT2D eigenvalue weighted by atomic mass is 10.1. The first kappa shape index (κ1) is 24.7. The minimum absolute atomic E-state index is 0.250. The predicted molar refractivity (Wildman–Crippen MR) is 139 cm³/mol. The Morgan fingerprint density at radius 2 is 1.79 bits per heavy atom. The lowest BCUT2D eigenvalue weighted by Gasteiger charge is -2.25. The van der Waals surface area contributed by atoms with Gasteiger partial charge >= 0.3 is 0 Å². The Balaban J connectivity index is 1.28. The topological polar surface area (TPSA) is 79.5 Å². The molecule has 0 bridgehead atoms. The molecule has 0 radical (unpaired) electrons. The first-order valence-corrected chi connectivity index (χ1v) is 13.1. The first-order chi connectivity index (χ1) is 16.6. The minimum Gasteiger partial charge on any atom is -0.476 e. The Labute approximate surface area is 205 Å². The van der Waals surface area contributed by atoms with Gasteiger partial charge in [0.05, 0.1) is 0 Å². The van der Waals surface area contributed by atoms with Crippen LogP contribution in [0.2, 0.25) is 0 Å². The predicted octanol–water partition coefficient (Wildman–Crippen LogP) is 4.64. The molecular formula is C27H42N6O. The van der Waals surface area contributed by atoms with Crippen LogP contribution in [0.15, 0.2) is 36.5 Å². The highest BCUT2D eigenvalue weighted by Crippen LogP contribution is 2.23. The summed E-state index contributed by atoms with van der Waals surface area (Å²) in [7, 11) is 0. The number of hydrogen-bond donors (Lipinski definition) is 2. The second-order valence-electron chi connectivity index (χ2n) is 10.2. The molecule has 2 aromatic rings. The number of anilines is 2. The summed E-state index contributed by atoms with van der Waals surface area (Å²) in [6.45, 7) is 9.45. The van der Waals surface area contributed by atoms with Crippen LogP contribution in [-0.4, -0.2) is 53.3 Å². The lowest BCUT2D eigenvalue weighted by Crippen LogP contribution is -2.35. The molecule has 2 atom stereocenters. The fourth-order valence-electron chi connectivity index (χ4n) is 5.05. The molecular weight excluding hydrogens is 424 g/mol. The van der Waals surface area contributed by atoms with E-state index in [2.05, 4.69) is 46.1 Å². The van der Waals surface area contributed by atoms with Gasteiger partial charge in [-0.2, -0.15) is 4.98 Å². The normalized spacial score (nSPS) is 20.4. The van der Waals surface area contributed by atoms with Gasteiger partial charge in [0.2, 0.25) is 5.95 Å². The third-order valence-corrected chi connectivity index (χ3v) is 6.87. The molecule has 0 amide bonds. The van der Waals surface area contributed by atoms with E-state index in [1.165, 1.54) is 44.1 Å². The Bertz CT molecular complexity index is 866. The van der Waals surface area contributed by atoms with Crippen molar-refractivity contribution in [2.75, 3.05) is 36.4 Å². The van der Waals surface area contributed by atoms with Crippen molar-refractivity contribution in [1.82, 2.24) is 14.9 Å². The molecule has 2 aliphatic heterocycles. The van der Waals surface area contributed by atoms with Gasteiger partial charge < -0.3 is 15.0 Å². The number of nitrogens with two attached hydrogens (primary N) is 1. The third kappa shape index (κ3) is 7.31. The molecule has 7 heteroatoms. The van der Waals surface area contributed by atoms with Crippen molar-refractivity contribution in [3.63, 3.8) is 0 Å². The maximum absolute atomic E-state index is 6.08. The van der Waals surface area contributed by atoms with Crippen LogP contribution in [0.25, 0.3) is 0 Å². The largest absolute Gasteiger partial charge is 0.476 e. The van der Waals surface area contributed by atoms with Crippen LogP contribution in [0.4, 0.5) is 11.8 Å². The van der Waals surface area contributed by atoms with Gasteiger partial charge in [0, 0.05) is 44.8 Å². The van der Waals surface area contributed by atoms with E-state index in [-0.39, 0.29) is 6.23 Å². The lowest BCUT2D eigenvalue weighted by molar-refractivity contribution is 0.181. The van der Waals surface area contributed by atoms with E-state index in [1.54, 1.807) is 0 Å². The van der Waals surface area contributed by atoms with Crippen LogP contribution in [-0.2, 0) is 6.54 Å². The molecule has 1 aromatic carbocycles. The maximum atomic E-state index is 6.08. The number of likely N-dealkylation sites (tertiary alicyclic amines) is 1. The monoisotopic (exact) mass is 466 g/mol. The summed E-state index contributed by atoms with van der Waals surface area (Å²) in [5.41, 5.74) is 7.39. The Morgan fingerprint density at radius 3 is 2.53 bits per heavy atom. The van der Waals surface area contributed by atoms with Crippen LogP contribution < -0.4 is 20.7 Å². The summed E-state index contributed by atoms with van der Waals surface area (Å²) in [5.74, 6) is 3.17. The number of nitrogens with one attached hydrogen (secondary N) is 1. The van der Waals surface area contributed by atoms with E-state index >= 15 is 0 Å². The molecule has 0 saturated carbocycles. The van der Waals surface area contributed by atoms with Gasteiger partial charge in [0.1, 0.15) is 17.8 Å². The van der Waals surface area contributed by atoms with E-state index in [4.69, 9.17) is 15.5 Å². The molecule has 7 nitrogen and oxygen atoms in total. The third-order valence-electron chi connectivity index (χ3n) is 6.87. The van der Waals surface area contributed by atoms with Gasteiger partial charge in [0.25, 0.3) is 0 Å². The Hall–Kier alpha value is -2.38. The van der Waals surface area contributed by atoms with Crippen LogP contribution in [0.5, 0.6) is 5.75 Å². The zero-order valence-corrected chi connectivity index (χ0v) is 21.0. The summed E-state index contributed by atoms with van der Waals surface area (Å²) in [6.07, 6.45) is 10.1. The zero-order valence-electron chi connectivity index (χ0n) is 21.0. The number of ether oxygens (including phenoxy) is 1. The Kier molecular flexibility index (Phi) is 8.99. The van der Waals surface area contributed by atoms with Gasteiger partial charge in [0.15, 0.2) is 0 Å². The molecule has 2 fully saturated rings. The summed E-state index contributed by atoms with van der Waals surface area (Å²) in [4.78, 5) is 14.3. The quantitative estimate of drug-likeness (QED) is 0.494. The van der Waals surface area contributed by atoms with Crippen LogP contribution in [0, 0.1) is 5.92 Å². The first-order valence-electron chi connectivity index (χ1n) is 13.1. The average molecular weight is 467 g/mol. The maximum Gasteiger partial charge on any atom is 0.224 e. The van der Waals surface area contributed by atoms with Crippen molar-refractivity contribution in [1.29, 1.82) is 0 Å². The molecule has 34 heavy (non-hydrogen) atoms. The van der Waals surface area contributed by atoms with E-state index in [1.807, 2.05) is 24.4 Å². The van der Waals surface area contributed by atoms with Gasteiger partial charge in [-0.05, 0) is 61.9 Å². The summed E-state index contributed by atoms with van der Waals surface area (Å²) < 4.78 is 5.86. The smallest absolute Gasteiger partial charge is 0.224 e. The highest BCUT2D eigenvalue weighted by molar-refractivity contribution is 5.42. The van der Waals surface area contributed by atoms with E-state index in [9.17, 15) is 0 Å². The van der Waals surface area contributed by atoms with Gasteiger partial charge in [-0.1, -0.05) is 38.8 Å². The number of hydrogen-bond acceptors (Lipinski definition) is 7. The van der Waals surface area contributed by atoms with E-state index in [0.717, 1.165) is 56.7 Å². The number of nitrogens with zero attached hydrogens (tertiary/aromatic N) is 4. The van der Waals surface area contributed by atoms with Crippen molar-refractivity contribution < 1.29 is 4.74 Å². The molecule has 186 valence electrons. The van der Waals surface area contributed by atoms with Crippen LogP contribution in [0.3, 0.4) is 0 Å². The minimum atomic E-state index is -0.250. The van der Waals surface area contributed by atoms with Crippen molar-refractivity contribution >= 4 is 11.8 Å². The Morgan fingerprint density at radius 1 is 1.03 bits per heavy atom. The highest BCUT2D eigenvalue weighted by atomic mass is 16.5. The SMILES string of the molecule is CC(C)CC(N)Oc1ccc(CN2CCCC2CNc2nccc(N3CCCCCC3)n2)cc1. The van der Waals surface area contributed by atoms with E-state index in [0.29, 0.717) is 12.0 Å². The van der Waals surface area contributed by atoms with Crippen molar-refractivity contribution in [3.05, 3.63) is 42.1 Å². The van der Waals surface area contributed by atoms with Crippen molar-refractivity contribution in [2.45, 2.75) is 77.6 Å². The van der Waals surface area contributed by atoms with E-state index < -0.39 is 0 Å². The average Bonchev–Trinajstić information content (AvgIpc) is 3.08. The van der Waals surface area contributed by atoms with Crippen molar-refractivity contribution in [2.24, 2.45) is 11.7 Å². The molecule has 3 heterocycles. The number of aromatic nitrogens is 2. The van der Waals surface area contributed by atoms with Crippen LogP contribution in [0.1, 0.15) is 64.4 Å². The molecule has 2 unspecified atom stereocenters. The standard InChI is InChI=1S/C27H42N6O/c1-21(2)18-25(28)34-24-11-9-22(10-12-24)20-33-17-7-8-23(33)19-30-27-29-14-13-26(31-27)32-15-5-3-4-6-16-32/h9-14,21,23,25H,3-8,15-20,28H2,1-2H3,(H,29,30,31). The fraction of sp³-hybridized carbons (Fsp3) is 0.630. The molecule has 2 aliphatic rings. The molecule has 3 N–H and O–H groups in total. The zero-order chi connectivity index (χ0) is 23.8. The number of rotatable bonds is 10. The van der Waals surface area contributed by atoms with Crippen LogP contribution >= 0.6 is 0 Å². The van der Waals surface area contributed by atoms with Crippen molar-refractivity contribution in [3.8, 4) is 5.75 Å². The molecule has 1 aromatic heterocycles. The second kappa shape index (κ2) is 12.4. The highest BCUT2D eigenvalue weighted by Gasteiger charge is 2.24. The molecule has 0 aliphatic carbocycles. The van der Waals surface area contributed by atoms with Gasteiger partial charge in [-0.3, -0.25) is 10.6 Å². The summed E-state index contributed by atoms with van der Waals surface area (Å²) >= 11 is 0. The van der Waals surface area contributed by atoms with Gasteiger partial charge in [-0.15, -0.1) is 0 Å². The number of benzene rings is 1. The molecule has 0 spiro atoms. The molecule has 4 rings (SSSR count). The molecule has 2 saturated heterocycles. The second-order valence-corrected chi connectivity index (χ2v) is 10.2. The summed E-state index contributed by atoms with van der Waals surface area (Å²) in [5, 5.41) is 3.52.